The Morgan fingerprint density at radius 3 is 2.57 bits per heavy atom. The number of carbonyl (C=O) groups excluding carboxylic acids is 1. The molecule has 2 saturated carbocycles. The van der Waals surface area contributed by atoms with E-state index >= 15 is 0 Å². The van der Waals surface area contributed by atoms with Crippen molar-refractivity contribution in [3.63, 3.8) is 0 Å². The van der Waals surface area contributed by atoms with Gasteiger partial charge in [0, 0.05) is 30.7 Å². The van der Waals surface area contributed by atoms with Crippen LogP contribution in [0.4, 0.5) is 5.69 Å². The van der Waals surface area contributed by atoms with Crippen LogP contribution in [0.5, 0.6) is 0 Å². The lowest BCUT2D eigenvalue weighted by Crippen LogP contribution is -2.30. The topological polar surface area (TPSA) is 97.2 Å². The number of anilines is 1. The number of nitrogens with zero attached hydrogens (tertiary/aromatic N) is 4. The fourth-order valence-corrected chi connectivity index (χ4v) is 5.77. The Hall–Kier alpha value is -1.91. The van der Waals surface area contributed by atoms with Crippen molar-refractivity contribution in [3.8, 4) is 0 Å². The van der Waals surface area contributed by atoms with Gasteiger partial charge in [-0.1, -0.05) is 31.7 Å². The number of aromatic nitrogens is 3. The van der Waals surface area contributed by atoms with Gasteiger partial charge in [-0.2, -0.15) is 4.31 Å². The van der Waals surface area contributed by atoms with Crippen LogP contribution >= 0.6 is 11.8 Å². The molecule has 0 spiro atoms. The van der Waals surface area contributed by atoms with Crippen molar-refractivity contribution in [2.45, 2.75) is 61.5 Å². The third-order valence-corrected chi connectivity index (χ3v) is 8.33. The molecule has 1 amide bonds. The molecule has 2 aliphatic rings. The molecule has 0 aliphatic heterocycles. The first-order valence-corrected chi connectivity index (χ1v) is 12.8. The molecule has 162 valence electrons. The minimum Gasteiger partial charge on any atom is -0.325 e. The van der Waals surface area contributed by atoms with Crippen molar-refractivity contribution in [1.29, 1.82) is 0 Å². The second-order valence-electron chi connectivity index (χ2n) is 7.67. The quantitative estimate of drug-likeness (QED) is 0.559. The largest absolute Gasteiger partial charge is 0.325 e. The molecular weight excluding hydrogens is 422 g/mol. The van der Waals surface area contributed by atoms with Crippen LogP contribution in [0.15, 0.2) is 34.3 Å². The van der Waals surface area contributed by atoms with E-state index in [0.29, 0.717) is 30.7 Å². The Labute approximate surface area is 181 Å². The maximum Gasteiger partial charge on any atom is 0.243 e. The van der Waals surface area contributed by atoms with E-state index in [1.165, 1.54) is 35.0 Å². The number of hydrogen-bond acceptors (Lipinski definition) is 6. The van der Waals surface area contributed by atoms with Gasteiger partial charge in [0.2, 0.25) is 15.9 Å². The highest BCUT2D eigenvalue weighted by atomic mass is 32.2. The number of benzene rings is 1. The number of rotatable bonds is 10. The molecule has 8 nitrogen and oxygen atoms in total. The van der Waals surface area contributed by atoms with Gasteiger partial charge in [-0.15, -0.1) is 10.2 Å². The average molecular weight is 450 g/mol. The molecule has 2 fully saturated rings. The molecule has 0 unspecified atom stereocenters. The van der Waals surface area contributed by atoms with Gasteiger partial charge in [-0.05, 0) is 43.9 Å². The standard InChI is InChI=1S/C20H27N5O3S2/c1-3-24(4-2)30(27,28)17-7-5-6-15(12-17)21-18(26)13-29-20-23-22-19(14-8-9-14)25(20)16-10-11-16/h5-7,12,14,16H,3-4,8-11,13H2,1-2H3,(H,21,26). The number of nitrogens with one attached hydrogen (secondary N) is 1. The molecule has 1 aromatic heterocycles. The first-order valence-electron chi connectivity index (χ1n) is 10.4. The van der Waals surface area contributed by atoms with Crippen molar-refractivity contribution in [1.82, 2.24) is 19.1 Å². The van der Waals surface area contributed by atoms with Crippen LogP contribution in [-0.2, 0) is 14.8 Å². The summed E-state index contributed by atoms with van der Waals surface area (Å²) in [7, 11) is -3.57. The minimum atomic E-state index is -3.57. The van der Waals surface area contributed by atoms with E-state index in [-0.39, 0.29) is 16.6 Å². The van der Waals surface area contributed by atoms with E-state index in [1.54, 1.807) is 32.0 Å². The minimum absolute atomic E-state index is 0.180. The van der Waals surface area contributed by atoms with E-state index in [1.807, 2.05) is 0 Å². The van der Waals surface area contributed by atoms with Crippen LogP contribution in [0, 0.1) is 0 Å². The van der Waals surface area contributed by atoms with E-state index < -0.39 is 10.0 Å². The normalized spacial score (nSPS) is 16.8. The molecule has 1 aromatic carbocycles. The fourth-order valence-electron chi connectivity index (χ4n) is 3.46. The number of thioether (sulfide) groups is 1. The monoisotopic (exact) mass is 449 g/mol. The van der Waals surface area contributed by atoms with Crippen LogP contribution in [0.3, 0.4) is 0 Å². The van der Waals surface area contributed by atoms with E-state index in [4.69, 9.17) is 0 Å². The average Bonchev–Trinajstić information content (AvgIpc) is 3.66. The second-order valence-corrected chi connectivity index (χ2v) is 10.6. The van der Waals surface area contributed by atoms with Gasteiger partial charge < -0.3 is 9.88 Å². The summed E-state index contributed by atoms with van der Waals surface area (Å²) in [6.07, 6.45) is 4.63. The number of hydrogen-bond donors (Lipinski definition) is 1. The maximum absolute atomic E-state index is 12.7. The zero-order chi connectivity index (χ0) is 21.3. The predicted molar refractivity (Wildman–Crippen MR) is 116 cm³/mol. The van der Waals surface area contributed by atoms with Crippen LogP contribution in [0.1, 0.15) is 57.3 Å². The van der Waals surface area contributed by atoms with Crippen molar-refractivity contribution in [3.05, 3.63) is 30.1 Å². The first kappa shape index (κ1) is 21.3. The molecule has 0 atom stereocenters. The summed E-state index contributed by atoms with van der Waals surface area (Å²) < 4.78 is 29.0. The second kappa shape index (κ2) is 8.68. The summed E-state index contributed by atoms with van der Waals surface area (Å²) in [6.45, 7) is 4.41. The van der Waals surface area contributed by atoms with Gasteiger partial charge in [0.15, 0.2) is 5.16 Å². The highest BCUT2D eigenvalue weighted by Gasteiger charge is 2.36. The summed E-state index contributed by atoms with van der Waals surface area (Å²) in [5.74, 6) is 1.59. The van der Waals surface area contributed by atoms with Crippen LogP contribution in [-0.4, -0.2) is 52.2 Å². The highest BCUT2D eigenvalue weighted by molar-refractivity contribution is 7.99. The van der Waals surface area contributed by atoms with Gasteiger partial charge >= 0.3 is 0 Å². The predicted octanol–water partition coefficient (Wildman–Crippen LogP) is 3.25. The molecule has 2 aromatic rings. The summed E-state index contributed by atoms with van der Waals surface area (Å²) in [6, 6.07) is 6.87. The van der Waals surface area contributed by atoms with Crippen molar-refractivity contribution in [2.24, 2.45) is 0 Å². The van der Waals surface area contributed by atoms with Crippen LogP contribution in [0.25, 0.3) is 0 Å². The van der Waals surface area contributed by atoms with Crippen molar-refractivity contribution >= 4 is 33.4 Å². The van der Waals surface area contributed by atoms with Crippen LogP contribution in [0.2, 0.25) is 0 Å². The Balaban J connectivity index is 1.41. The Kier molecular flexibility index (Phi) is 6.17. The van der Waals surface area contributed by atoms with E-state index in [9.17, 15) is 13.2 Å². The summed E-state index contributed by atoms with van der Waals surface area (Å²) in [5.41, 5.74) is 0.469. The number of carbonyl (C=O) groups is 1. The van der Waals surface area contributed by atoms with Crippen molar-refractivity contribution in [2.75, 3.05) is 24.2 Å². The third kappa shape index (κ3) is 4.55. The third-order valence-electron chi connectivity index (χ3n) is 5.34. The van der Waals surface area contributed by atoms with Gasteiger partial charge in [-0.3, -0.25) is 4.79 Å². The van der Waals surface area contributed by atoms with E-state index in [2.05, 4.69) is 20.1 Å². The molecule has 1 heterocycles. The van der Waals surface area contributed by atoms with Gasteiger partial charge in [-0.25, -0.2) is 8.42 Å². The Bertz CT molecular complexity index is 1020. The first-order chi connectivity index (χ1) is 14.4. The van der Waals surface area contributed by atoms with Gasteiger partial charge in [0.25, 0.3) is 0 Å². The molecular formula is C20H27N5O3S2. The molecule has 30 heavy (non-hydrogen) atoms. The molecule has 0 radical (unpaired) electrons. The maximum atomic E-state index is 12.7. The number of sulfonamides is 1. The van der Waals surface area contributed by atoms with Crippen molar-refractivity contribution < 1.29 is 13.2 Å². The van der Waals surface area contributed by atoms with E-state index in [0.717, 1.165) is 23.8 Å². The van der Waals surface area contributed by atoms with Gasteiger partial charge in [0.1, 0.15) is 5.82 Å². The lowest BCUT2D eigenvalue weighted by atomic mass is 10.3. The fraction of sp³-hybridized carbons (Fsp3) is 0.550. The molecule has 1 N–H and O–H groups in total. The number of amides is 1. The van der Waals surface area contributed by atoms with Gasteiger partial charge in [0.05, 0.1) is 10.6 Å². The molecule has 2 aliphatic carbocycles. The summed E-state index contributed by atoms with van der Waals surface area (Å²) >= 11 is 1.38. The summed E-state index contributed by atoms with van der Waals surface area (Å²) in [5, 5.41) is 12.3. The van der Waals surface area contributed by atoms with Crippen LogP contribution < -0.4 is 5.32 Å². The molecule has 4 rings (SSSR count). The zero-order valence-electron chi connectivity index (χ0n) is 17.2. The smallest absolute Gasteiger partial charge is 0.243 e. The Morgan fingerprint density at radius 2 is 1.93 bits per heavy atom. The SMILES string of the molecule is CCN(CC)S(=O)(=O)c1cccc(NC(=O)CSc2nnc(C3CC3)n2C2CC2)c1. The summed E-state index contributed by atoms with van der Waals surface area (Å²) in [4.78, 5) is 12.7. The lowest BCUT2D eigenvalue weighted by Gasteiger charge is -2.18. The Morgan fingerprint density at radius 1 is 1.20 bits per heavy atom. The lowest BCUT2D eigenvalue weighted by molar-refractivity contribution is -0.113. The zero-order valence-corrected chi connectivity index (χ0v) is 18.9. The molecule has 0 bridgehead atoms. The molecule has 10 heteroatoms. The highest BCUT2D eigenvalue weighted by Crippen LogP contribution is 2.46. The molecule has 0 saturated heterocycles.